The summed E-state index contributed by atoms with van der Waals surface area (Å²) in [5.74, 6) is 1.47. The van der Waals surface area contributed by atoms with Gasteiger partial charge in [-0.05, 0) is 12.1 Å². The first-order valence-electron chi connectivity index (χ1n) is 6.58. The molecule has 0 saturated heterocycles. The summed E-state index contributed by atoms with van der Waals surface area (Å²) in [4.78, 5) is 15.8. The summed E-state index contributed by atoms with van der Waals surface area (Å²) in [6.45, 7) is 3.99. The van der Waals surface area contributed by atoms with Crippen LogP contribution in [0.25, 0.3) is 11.4 Å². The van der Waals surface area contributed by atoms with Crippen molar-refractivity contribution in [1.82, 2.24) is 15.5 Å². The Morgan fingerprint density at radius 1 is 1.48 bits per heavy atom. The van der Waals surface area contributed by atoms with Crippen molar-refractivity contribution in [1.29, 1.82) is 0 Å². The molecule has 21 heavy (non-hydrogen) atoms. The predicted octanol–water partition coefficient (Wildman–Crippen LogP) is 1.98. The molecule has 0 saturated carbocycles. The van der Waals surface area contributed by atoms with Crippen molar-refractivity contribution in [3.63, 3.8) is 0 Å². The molecule has 1 N–H and O–H groups in total. The quantitative estimate of drug-likeness (QED) is 0.788. The SMILES string of the molecule is C=CCNC(=O)CCc1nc(-c2ccccc2OC)no1. The molecule has 6 heteroatoms. The fraction of sp³-hybridized carbons (Fsp3) is 0.267. The summed E-state index contributed by atoms with van der Waals surface area (Å²) in [5, 5.41) is 6.61. The number of rotatable bonds is 7. The van der Waals surface area contributed by atoms with Gasteiger partial charge < -0.3 is 14.6 Å². The predicted molar refractivity (Wildman–Crippen MR) is 77.8 cm³/mol. The van der Waals surface area contributed by atoms with Crippen molar-refractivity contribution in [3.8, 4) is 17.1 Å². The smallest absolute Gasteiger partial charge is 0.227 e. The Morgan fingerprint density at radius 2 is 2.29 bits per heavy atom. The van der Waals surface area contributed by atoms with Gasteiger partial charge in [0, 0.05) is 19.4 Å². The van der Waals surface area contributed by atoms with Gasteiger partial charge >= 0.3 is 0 Å². The van der Waals surface area contributed by atoms with E-state index in [-0.39, 0.29) is 5.91 Å². The van der Waals surface area contributed by atoms with Gasteiger partial charge in [-0.15, -0.1) is 6.58 Å². The highest BCUT2D eigenvalue weighted by Crippen LogP contribution is 2.27. The summed E-state index contributed by atoms with van der Waals surface area (Å²) in [6.07, 6.45) is 2.32. The summed E-state index contributed by atoms with van der Waals surface area (Å²) < 4.78 is 10.4. The normalized spacial score (nSPS) is 10.1. The van der Waals surface area contributed by atoms with Gasteiger partial charge in [0.15, 0.2) is 0 Å². The summed E-state index contributed by atoms with van der Waals surface area (Å²) in [6, 6.07) is 7.42. The maximum absolute atomic E-state index is 11.5. The van der Waals surface area contributed by atoms with E-state index in [1.807, 2.05) is 24.3 Å². The van der Waals surface area contributed by atoms with E-state index < -0.39 is 0 Å². The molecule has 0 radical (unpaired) electrons. The number of amides is 1. The molecule has 1 aromatic heterocycles. The van der Waals surface area contributed by atoms with Crippen LogP contribution in [-0.4, -0.2) is 29.7 Å². The summed E-state index contributed by atoms with van der Waals surface area (Å²) in [5.41, 5.74) is 0.756. The largest absolute Gasteiger partial charge is 0.496 e. The number of methoxy groups -OCH3 is 1. The number of nitrogens with zero attached hydrogens (tertiary/aromatic N) is 2. The van der Waals surface area contributed by atoms with Gasteiger partial charge in [0.25, 0.3) is 0 Å². The first-order valence-corrected chi connectivity index (χ1v) is 6.58. The minimum atomic E-state index is -0.0769. The zero-order valence-electron chi connectivity index (χ0n) is 11.8. The number of carbonyl (C=O) groups is 1. The van der Waals surface area contributed by atoms with E-state index in [1.54, 1.807) is 13.2 Å². The maximum Gasteiger partial charge on any atom is 0.227 e. The number of aromatic nitrogens is 2. The van der Waals surface area contributed by atoms with Crippen LogP contribution in [0, 0.1) is 0 Å². The minimum Gasteiger partial charge on any atom is -0.496 e. The van der Waals surface area contributed by atoms with E-state index in [0.29, 0.717) is 36.9 Å². The van der Waals surface area contributed by atoms with E-state index in [0.717, 1.165) is 5.56 Å². The molecule has 0 spiro atoms. The number of benzene rings is 1. The average molecular weight is 287 g/mol. The van der Waals surface area contributed by atoms with Crippen molar-refractivity contribution < 1.29 is 14.1 Å². The number of nitrogens with one attached hydrogen (secondary N) is 1. The van der Waals surface area contributed by atoms with Crippen molar-refractivity contribution >= 4 is 5.91 Å². The van der Waals surface area contributed by atoms with Gasteiger partial charge in [0.2, 0.25) is 17.6 Å². The first kappa shape index (κ1) is 14.8. The molecule has 0 unspecified atom stereocenters. The van der Waals surface area contributed by atoms with Crippen LogP contribution in [0.3, 0.4) is 0 Å². The highest BCUT2D eigenvalue weighted by Gasteiger charge is 2.13. The second kappa shape index (κ2) is 7.23. The van der Waals surface area contributed by atoms with Crippen LogP contribution in [0.15, 0.2) is 41.4 Å². The van der Waals surface area contributed by atoms with Crippen molar-refractivity contribution in [3.05, 3.63) is 42.8 Å². The number of para-hydroxylation sites is 1. The highest BCUT2D eigenvalue weighted by molar-refractivity contribution is 5.76. The number of hydrogen-bond donors (Lipinski definition) is 1. The third kappa shape index (κ3) is 3.92. The number of carbonyl (C=O) groups excluding carboxylic acids is 1. The van der Waals surface area contributed by atoms with E-state index >= 15 is 0 Å². The van der Waals surface area contributed by atoms with Gasteiger partial charge in [-0.25, -0.2) is 0 Å². The molecular weight excluding hydrogens is 270 g/mol. The molecule has 1 heterocycles. The van der Waals surface area contributed by atoms with E-state index in [4.69, 9.17) is 9.26 Å². The lowest BCUT2D eigenvalue weighted by Crippen LogP contribution is -2.23. The van der Waals surface area contributed by atoms with Crippen LogP contribution in [0.2, 0.25) is 0 Å². The van der Waals surface area contributed by atoms with E-state index in [9.17, 15) is 4.79 Å². The Bertz CT molecular complexity index is 622. The number of ether oxygens (including phenoxy) is 1. The molecule has 2 rings (SSSR count). The molecule has 0 aliphatic rings. The molecule has 1 amide bonds. The van der Waals surface area contributed by atoms with Crippen LogP contribution in [-0.2, 0) is 11.2 Å². The van der Waals surface area contributed by atoms with Crippen LogP contribution < -0.4 is 10.1 Å². The lowest BCUT2D eigenvalue weighted by atomic mass is 10.2. The third-order valence-corrected chi connectivity index (χ3v) is 2.83. The lowest BCUT2D eigenvalue weighted by Gasteiger charge is -2.03. The Balaban J connectivity index is 2.01. The Morgan fingerprint density at radius 3 is 3.05 bits per heavy atom. The first-order chi connectivity index (χ1) is 10.2. The lowest BCUT2D eigenvalue weighted by molar-refractivity contribution is -0.120. The van der Waals surface area contributed by atoms with Crippen molar-refractivity contribution in [2.75, 3.05) is 13.7 Å². The van der Waals surface area contributed by atoms with Crippen LogP contribution >= 0.6 is 0 Å². The molecular formula is C15H17N3O3. The second-order valence-electron chi connectivity index (χ2n) is 4.30. The summed E-state index contributed by atoms with van der Waals surface area (Å²) >= 11 is 0. The average Bonchev–Trinajstić information content (AvgIpc) is 2.99. The number of aryl methyl sites for hydroxylation is 1. The Labute approximate surface area is 122 Å². The molecule has 1 aromatic carbocycles. The van der Waals surface area contributed by atoms with Crippen molar-refractivity contribution in [2.24, 2.45) is 0 Å². The van der Waals surface area contributed by atoms with Crippen LogP contribution in [0.5, 0.6) is 5.75 Å². The van der Waals surface area contributed by atoms with Gasteiger partial charge in [0.05, 0.1) is 12.7 Å². The molecule has 110 valence electrons. The second-order valence-corrected chi connectivity index (χ2v) is 4.30. The van der Waals surface area contributed by atoms with Gasteiger partial charge in [0.1, 0.15) is 5.75 Å². The Hall–Kier alpha value is -2.63. The molecule has 0 fully saturated rings. The van der Waals surface area contributed by atoms with Gasteiger partial charge in [-0.3, -0.25) is 4.79 Å². The zero-order valence-corrected chi connectivity index (χ0v) is 11.8. The van der Waals surface area contributed by atoms with Crippen LogP contribution in [0.4, 0.5) is 0 Å². The monoisotopic (exact) mass is 287 g/mol. The highest BCUT2D eigenvalue weighted by atomic mass is 16.5. The van der Waals surface area contributed by atoms with Gasteiger partial charge in [-0.1, -0.05) is 23.4 Å². The fourth-order valence-electron chi connectivity index (χ4n) is 1.79. The maximum atomic E-state index is 11.5. The fourth-order valence-corrected chi connectivity index (χ4v) is 1.79. The topological polar surface area (TPSA) is 77.2 Å². The minimum absolute atomic E-state index is 0.0769. The molecule has 0 aliphatic heterocycles. The third-order valence-electron chi connectivity index (χ3n) is 2.83. The molecule has 2 aromatic rings. The molecule has 0 aliphatic carbocycles. The van der Waals surface area contributed by atoms with E-state index in [2.05, 4.69) is 22.0 Å². The molecule has 6 nitrogen and oxygen atoms in total. The summed E-state index contributed by atoms with van der Waals surface area (Å²) in [7, 11) is 1.59. The van der Waals surface area contributed by atoms with Crippen LogP contribution in [0.1, 0.15) is 12.3 Å². The molecule has 0 atom stereocenters. The molecule has 0 bridgehead atoms. The number of hydrogen-bond acceptors (Lipinski definition) is 5. The van der Waals surface area contributed by atoms with E-state index in [1.165, 1.54) is 0 Å². The zero-order chi connectivity index (χ0) is 15.1. The van der Waals surface area contributed by atoms with Crippen molar-refractivity contribution in [2.45, 2.75) is 12.8 Å². The standard InChI is InChI=1S/C15H17N3O3/c1-3-10-16-13(19)8-9-14-17-15(18-21-14)11-6-4-5-7-12(11)20-2/h3-7H,1,8-10H2,2H3,(H,16,19). The Kier molecular flexibility index (Phi) is 5.09. The van der Waals surface area contributed by atoms with Gasteiger partial charge in [-0.2, -0.15) is 4.98 Å².